The molecule has 4 rings (SSSR count). The molecular weight excluding hydrogens is 437 g/mol. The molecule has 4 fully saturated rings. The van der Waals surface area contributed by atoms with Crippen LogP contribution in [0.2, 0.25) is 0 Å². The summed E-state index contributed by atoms with van der Waals surface area (Å²) in [7, 11) is -2.80. The molecule has 7 heteroatoms. The van der Waals surface area contributed by atoms with Crippen LogP contribution in [0.1, 0.15) is 44.9 Å². The molecule has 4 unspecified atom stereocenters. The number of hydrogen-bond acceptors (Lipinski definition) is 3. The van der Waals surface area contributed by atoms with Crippen molar-refractivity contribution < 1.29 is 8.42 Å². The highest BCUT2D eigenvalue weighted by molar-refractivity contribution is 14.0. The Bertz CT molecular complexity index is 576. The van der Waals surface area contributed by atoms with Gasteiger partial charge in [-0.05, 0) is 62.2 Å². The maximum Gasteiger partial charge on any atom is 0.191 e. The molecule has 2 bridgehead atoms. The minimum atomic E-state index is -2.80. The van der Waals surface area contributed by atoms with Crippen molar-refractivity contribution in [3.05, 3.63) is 0 Å². The van der Waals surface area contributed by atoms with Crippen molar-refractivity contribution in [1.82, 2.24) is 10.6 Å². The second kappa shape index (κ2) is 7.68. The number of sulfone groups is 1. The van der Waals surface area contributed by atoms with E-state index in [1.54, 1.807) is 0 Å². The van der Waals surface area contributed by atoms with E-state index in [9.17, 15) is 8.42 Å². The smallest absolute Gasteiger partial charge is 0.191 e. The van der Waals surface area contributed by atoms with E-state index >= 15 is 0 Å². The van der Waals surface area contributed by atoms with Crippen molar-refractivity contribution in [2.75, 3.05) is 24.6 Å². The second-order valence-corrected chi connectivity index (χ2v) is 10.4. The zero-order valence-corrected chi connectivity index (χ0v) is 17.4. The highest BCUT2D eigenvalue weighted by atomic mass is 127. The summed E-state index contributed by atoms with van der Waals surface area (Å²) in [6.45, 7) is 1.65. The molecule has 5 nitrogen and oxygen atoms in total. The fourth-order valence-corrected chi connectivity index (χ4v) is 6.40. The number of aliphatic imine (C=N–C) groups is 1. The van der Waals surface area contributed by atoms with Gasteiger partial charge in [0.05, 0.1) is 11.5 Å². The van der Waals surface area contributed by atoms with Crippen molar-refractivity contribution >= 4 is 39.8 Å². The average molecular weight is 467 g/mol. The number of fused-ring (bicyclic) bond motifs is 2. The first-order valence-electron chi connectivity index (χ1n) is 9.33. The van der Waals surface area contributed by atoms with Crippen LogP contribution in [0.15, 0.2) is 4.99 Å². The second-order valence-electron chi connectivity index (χ2n) is 8.21. The van der Waals surface area contributed by atoms with Crippen LogP contribution in [0.3, 0.4) is 0 Å². The van der Waals surface area contributed by atoms with E-state index in [1.165, 1.54) is 38.5 Å². The van der Waals surface area contributed by atoms with Gasteiger partial charge >= 0.3 is 0 Å². The third-order valence-corrected chi connectivity index (χ3v) is 7.99. The molecular formula is C17H30IN3O2S. The SMILES string of the molecule is I.O=S1(=O)CCC(CN=C(NCC2CC2)NC2CC3CCC2C3)C1. The normalized spacial score (nSPS) is 37.2. The van der Waals surface area contributed by atoms with Crippen LogP contribution in [0, 0.1) is 23.7 Å². The maximum atomic E-state index is 11.6. The minimum Gasteiger partial charge on any atom is -0.356 e. The number of guanidine groups is 1. The quantitative estimate of drug-likeness (QED) is 0.370. The summed E-state index contributed by atoms with van der Waals surface area (Å²) in [5.74, 6) is 4.35. The lowest BCUT2D eigenvalue weighted by Crippen LogP contribution is -2.46. The molecule has 138 valence electrons. The predicted molar refractivity (Wildman–Crippen MR) is 108 cm³/mol. The summed E-state index contributed by atoms with van der Waals surface area (Å²) in [6.07, 6.45) is 8.87. The number of halogens is 1. The molecule has 3 saturated carbocycles. The predicted octanol–water partition coefficient (Wildman–Crippen LogP) is 2.17. The summed E-state index contributed by atoms with van der Waals surface area (Å²) in [6, 6.07) is 0.575. The lowest BCUT2D eigenvalue weighted by molar-refractivity contribution is 0.386. The van der Waals surface area contributed by atoms with E-state index in [0.717, 1.165) is 36.7 Å². The third-order valence-electron chi connectivity index (χ3n) is 6.15. The summed E-state index contributed by atoms with van der Waals surface area (Å²) < 4.78 is 23.2. The molecule has 0 amide bonds. The maximum absolute atomic E-state index is 11.6. The lowest BCUT2D eigenvalue weighted by atomic mass is 9.95. The first-order valence-corrected chi connectivity index (χ1v) is 11.1. The molecule has 0 radical (unpaired) electrons. The first-order chi connectivity index (χ1) is 11.1. The van der Waals surface area contributed by atoms with E-state index in [0.29, 0.717) is 24.1 Å². The van der Waals surface area contributed by atoms with Gasteiger partial charge in [0.25, 0.3) is 0 Å². The molecule has 0 aromatic heterocycles. The lowest BCUT2D eigenvalue weighted by Gasteiger charge is -2.25. The Morgan fingerprint density at radius 3 is 2.46 bits per heavy atom. The molecule has 4 atom stereocenters. The van der Waals surface area contributed by atoms with Crippen LogP contribution in [0.4, 0.5) is 0 Å². The van der Waals surface area contributed by atoms with Gasteiger partial charge in [-0.1, -0.05) is 6.42 Å². The molecule has 1 saturated heterocycles. The van der Waals surface area contributed by atoms with Crippen LogP contribution in [-0.4, -0.2) is 45.0 Å². The van der Waals surface area contributed by atoms with Gasteiger partial charge in [-0.2, -0.15) is 0 Å². The van der Waals surface area contributed by atoms with Crippen molar-refractivity contribution in [1.29, 1.82) is 0 Å². The van der Waals surface area contributed by atoms with Gasteiger partial charge in [0, 0.05) is 19.1 Å². The highest BCUT2D eigenvalue weighted by Crippen LogP contribution is 2.44. The van der Waals surface area contributed by atoms with Crippen molar-refractivity contribution in [3.8, 4) is 0 Å². The van der Waals surface area contributed by atoms with Crippen LogP contribution < -0.4 is 10.6 Å². The van der Waals surface area contributed by atoms with E-state index < -0.39 is 9.84 Å². The summed E-state index contributed by atoms with van der Waals surface area (Å²) in [5.41, 5.74) is 0. The van der Waals surface area contributed by atoms with Crippen LogP contribution >= 0.6 is 24.0 Å². The molecule has 0 spiro atoms. The number of nitrogens with zero attached hydrogens (tertiary/aromatic N) is 1. The molecule has 0 aromatic rings. The van der Waals surface area contributed by atoms with Gasteiger partial charge in [0.2, 0.25) is 0 Å². The molecule has 1 heterocycles. The van der Waals surface area contributed by atoms with Gasteiger partial charge in [-0.3, -0.25) is 4.99 Å². The van der Waals surface area contributed by atoms with Gasteiger partial charge in [-0.25, -0.2) is 8.42 Å². The molecule has 2 N–H and O–H groups in total. The number of hydrogen-bond donors (Lipinski definition) is 2. The zero-order chi connectivity index (χ0) is 15.9. The molecule has 24 heavy (non-hydrogen) atoms. The van der Waals surface area contributed by atoms with Crippen molar-refractivity contribution in [2.45, 2.75) is 51.0 Å². The van der Waals surface area contributed by atoms with Gasteiger partial charge in [0.15, 0.2) is 15.8 Å². The summed E-state index contributed by atoms with van der Waals surface area (Å²) >= 11 is 0. The van der Waals surface area contributed by atoms with Crippen LogP contribution in [0.25, 0.3) is 0 Å². The van der Waals surface area contributed by atoms with Crippen LogP contribution in [-0.2, 0) is 9.84 Å². The monoisotopic (exact) mass is 467 g/mol. The highest BCUT2D eigenvalue weighted by Gasteiger charge is 2.40. The van der Waals surface area contributed by atoms with Gasteiger partial charge < -0.3 is 10.6 Å². The van der Waals surface area contributed by atoms with E-state index in [2.05, 4.69) is 10.6 Å². The number of nitrogens with one attached hydrogen (secondary N) is 2. The zero-order valence-electron chi connectivity index (χ0n) is 14.2. The Morgan fingerprint density at radius 1 is 1.04 bits per heavy atom. The van der Waals surface area contributed by atoms with Crippen LogP contribution in [0.5, 0.6) is 0 Å². The minimum absolute atomic E-state index is 0. The van der Waals surface area contributed by atoms with E-state index in [4.69, 9.17) is 4.99 Å². The Labute approximate surface area is 162 Å². The topological polar surface area (TPSA) is 70.6 Å². The Hall–Kier alpha value is -0.0500. The average Bonchev–Trinajstić information content (AvgIpc) is 2.94. The Morgan fingerprint density at radius 2 is 1.88 bits per heavy atom. The van der Waals surface area contributed by atoms with E-state index in [-0.39, 0.29) is 29.9 Å². The summed E-state index contributed by atoms with van der Waals surface area (Å²) in [5, 5.41) is 7.17. The molecule has 4 aliphatic rings. The van der Waals surface area contributed by atoms with E-state index in [1.807, 2.05) is 0 Å². The summed E-state index contributed by atoms with van der Waals surface area (Å²) in [4.78, 5) is 4.75. The molecule has 1 aliphatic heterocycles. The number of rotatable bonds is 5. The Balaban J connectivity index is 0.00000169. The largest absolute Gasteiger partial charge is 0.356 e. The van der Waals surface area contributed by atoms with Gasteiger partial charge in [-0.15, -0.1) is 24.0 Å². The van der Waals surface area contributed by atoms with Crippen molar-refractivity contribution in [2.24, 2.45) is 28.7 Å². The first kappa shape index (κ1) is 18.7. The Kier molecular flexibility index (Phi) is 5.99. The molecule has 3 aliphatic carbocycles. The van der Waals surface area contributed by atoms with Gasteiger partial charge in [0.1, 0.15) is 0 Å². The fraction of sp³-hybridized carbons (Fsp3) is 0.941. The van der Waals surface area contributed by atoms with Crippen molar-refractivity contribution in [3.63, 3.8) is 0 Å². The molecule has 0 aromatic carbocycles. The third kappa shape index (κ3) is 4.77. The fourth-order valence-electron chi connectivity index (χ4n) is 4.55. The standard InChI is InChI=1S/C17H29N3O2S.HI/c21-23(22)6-5-14(11-23)10-19-17(18-9-12-1-2-12)20-16-8-13-3-4-15(16)7-13;/h12-16H,1-11H2,(H2,18,19,20);1H.